The van der Waals surface area contributed by atoms with E-state index in [0.717, 1.165) is 5.56 Å². The van der Waals surface area contributed by atoms with E-state index in [1.165, 1.54) is 16.7 Å². The van der Waals surface area contributed by atoms with Crippen LogP contribution in [0, 0.1) is 0 Å². The van der Waals surface area contributed by atoms with E-state index in [4.69, 9.17) is 4.74 Å². The molecule has 2 aliphatic rings. The maximum atomic E-state index is 11.9. The molecule has 1 aromatic carbocycles. The van der Waals surface area contributed by atoms with Crippen LogP contribution in [0.5, 0.6) is 0 Å². The Morgan fingerprint density at radius 2 is 2.11 bits per heavy atom. The van der Waals surface area contributed by atoms with E-state index in [1.807, 2.05) is 30.3 Å². The van der Waals surface area contributed by atoms with Gasteiger partial charge in [0.25, 0.3) is 0 Å². The van der Waals surface area contributed by atoms with Crippen LogP contribution in [0.4, 0.5) is 0 Å². The number of rotatable bonds is 3. The third kappa shape index (κ3) is 2.19. The van der Waals surface area contributed by atoms with Crippen LogP contribution in [0.3, 0.4) is 0 Å². The molecule has 19 heavy (non-hydrogen) atoms. The normalized spacial score (nSPS) is 24.6. The Bertz CT molecular complexity index is 560. The lowest BCUT2D eigenvalue weighted by molar-refractivity contribution is -0.148. The van der Waals surface area contributed by atoms with Gasteiger partial charge in [0.1, 0.15) is 22.5 Å². The lowest BCUT2D eigenvalue weighted by Crippen LogP contribution is -2.58. The fourth-order valence-corrected chi connectivity index (χ4v) is 3.85. The predicted octanol–water partition coefficient (Wildman–Crippen LogP) is 2.25. The third-order valence-corrected chi connectivity index (χ3v) is 5.34. The molecule has 0 N–H and O–H groups in total. The van der Waals surface area contributed by atoms with Gasteiger partial charge >= 0.3 is 5.97 Å². The molecule has 1 fully saturated rings. The average Bonchev–Trinajstić information content (AvgIpc) is 2.86. The number of halogens is 1. The summed E-state index contributed by atoms with van der Waals surface area (Å²) in [6, 6.07) is 9.45. The number of ether oxygens (including phenoxy) is 1. The Balaban J connectivity index is 1.62. The Kier molecular flexibility index (Phi) is 3.36. The monoisotopic (exact) mass is 339 g/mol. The highest BCUT2D eigenvalue weighted by atomic mass is 79.9. The van der Waals surface area contributed by atoms with Gasteiger partial charge in [0.2, 0.25) is 5.91 Å². The van der Waals surface area contributed by atoms with Crippen LogP contribution in [0.25, 0.3) is 0 Å². The first kappa shape index (κ1) is 12.7. The quantitative estimate of drug-likeness (QED) is 0.481. The summed E-state index contributed by atoms with van der Waals surface area (Å²) in [5, 5.41) is 1.68. The first-order valence-electron chi connectivity index (χ1n) is 5.72. The zero-order valence-electron chi connectivity index (χ0n) is 9.78. The maximum Gasteiger partial charge on any atom is 0.355 e. The van der Waals surface area contributed by atoms with Gasteiger partial charge < -0.3 is 4.74 Å². The molecule has 3 rings (SSSR count). The number of carbonyl (C=O) groups excluding carboxylic acids is 2. The number of hydrogen-bond acceptors (Lipinski definition) is 4. The molecule has 2 aliphatic heterocycles. The molecule has 1 saturated heterocycles. The topological polar surface area (TPSA) is 46.6 Å². The zero-order chi connectivity index (χ0) is 13.4. The van der Waals surface area contributed by atoms with Crippen molar-refractivity contribution in [3.63, 3.8) is 0 Å². The van der Waals surface area contributed by atoms with Crippen molar-refractivity contribution < 1.29 is 14.3 Å². The smallest absolute Gasteiger partial charge is 0.355 e. The fourth-order valence-electron chi connectivity index (χ4n) is 1.95. The summed E-state index contributed by atoms with van der Waals surface area (Å²) < 4.78 is 5.22. The van der Waals surface area contributed by atoms with Crippen molar-refractivity contribution in [2.45, 2.75) is 16.8 Å². The number of carbonyl (C=O) groups is 2. The second kappa shape index (κ2) is 5.02. The van der Waals surface area contributed by atoms with Gasteiger partial charge in [-0.3, -0.25) is 9.69 Å². The molecular formula is C13H10BrNO3S. The Morgan fingerprint density at radius 1 is 1.37 bits per heavy atom. The lowest BCUT2D eigenvalue weighted by atomic mass is 10.2. The van der Waals surface area contributed by atoms with Gasteiger partial charge in [-0.25, -0.2) is 4.79 Å². The van der Waals surface area contributed by atoms with E-state index in [2.05, 4.69) is 15.9 Å². The number of β-lactam (4-membered cyclic amide) rings is 1. The van der Waals surface area contributed by atoms with Gasteiger partial charge in [0.15, 0.2) is 0 Å². The van der Waals surface area contributed by atoms with E-state index in [-0.39, 0.29) is 22.7 Å². The molecule has 6 heteroatoms. The van der Waals surface area contributed by atoms with Crippen LogP contribution in [-0.2, 0) is 20.9 Å². The largest absolute Gasteiger partial charge is 0.456 e. The number of amides is 1. The molecule has 0 aromatic heterocycles. The minimum absolute atomic E-state index is 0.00762. The fraction of sp³-hybridized carbons (Fsp3) is 0.231. The summed E-state index contributed by atoms with van der Waals surface area (Å²) >= 11 is 4.74. The second-order valence-corrected chi connectivity index (χ2v) is 6.18. The van der Waals surface area contributed by atoms with Gasteiger partial charge in [-0.2, -0.15) is 0 Å². The first-order chi connectivity index (χ1) is 9.18. The number of esters is 1. The number of thioether (sulfide) groups is 1. The number of nitrogens with zero attached hydrogens (tertiary/aromatic N) is 1. The molecule has 1 aromatic rings. The van der Waals surface area contributed by atoms with Crippen LogP contribution in [-0.4, -0.2) is 27.0 Å². The third-order valence-electron chi connectivity index (χ3n) is 2.98. The highest BCUT2D eigenvalue weighted by Crippen LogP contribution is 2.44. The predicted molar refractivity (Wildman–Crippen MR) is 75.3 cm³/mol. The summed E-state index contributed by atoms with van der Waals surface area (Å²) in [5.74, 6) is -0.537. The van der Waals surface area contributed by atoms with Crippen molar-refractivity contribution in [2.24, 2.45) is 0 Å². The summed E-state index contributed by atoms with van der Waals surface area (Å²) in [4.78, 5) is 24.9. The summed E-state index contributed by atoms with van der Waals surface area (Å²) in [7, 11) is 0. The van der Waals surface area contributed by atoms with Crippen molar-refractivity contribution in [3.05, 3.63) is 47.0 Å². The molecule has 0 radical (unpaired) electrons. The van der Waals surface area contributed by atoms with Gasteiger partial charge in [-0.1, -0.05) is 46.3 Å². The van der Waals surface area contributed by atoms with Gasteiger partial charge in [0.05, 0.1) is 0 Å². The molecule has 1 amide bonds. The standard InChI is InChI=1S/C13H10BrNO3S/c14-10-11(16)15-9(7-19-12(10)15)13(17)18-6-8-4-2-1-3-5-8/h1-5,7,10,12H,6H2/t10-,12+/m0/s1. The molecule has 2 heterocycles. The van der Waals surface area contributed by atoms with Crippen molar-refractivity contribution in [1.82, 2.24) is 4.90 Å². The Morgan fingerprint density at radius 3 is 2.84 bits per heavy atom. The molecule has 0 unspecified atom stereocenters. The van der Waals surface area contributed by atoms with Crippen molar-refractivity contribution in [3.8, 4) is 0 Å². The first-order valence-corrected chi connectivity index (χ1v) is 7.58. The minimum Gasteiger partial charge on any atom is -0.456 e. The van der Waals surface area contributed by atoms with E-state index in [9.17, 15) is 9.59 Å². The van der Waals surface area contributed by atoms with Crippen LogP contribution < -0.4 is 0 Å². The number of fused-ring (bicyclic) bond motifs is 1. The molecular weight excluding hydrogens is 330 g/mol. The molecule has 4 nitrogen and oxygen atoms in total. The van der Waals surface area contributed by atoms with E-state index < -0.39 is 5.97 Å². The summed E-state index contributed by atoms with van der Waals surface area (Å²) in [5.41, 5.74) is 1.26. The van der Waals surface area contributed by atoms with Crippen LogP contribution in [0.15, 0.2) is 41.4 Å². The lowest BCUT2D eigenvalue weighted by Gasteiger charge is -2.39. The van der Waals surface area contributed by atoms with E-state index in [1.54, 1.807) is 5.41 Å². The molecule has 0 bridgehead atoms. The van der Waals surface area contributed by atoms with Crippen LogP contribution in [0.1, 0.15) is 5.56 Å². The number of hydrogen-bond donors (Lipinski definition) is 0. The highest BCUT2D eigenvalue weighted by Gasteiger charge is 2.52. The molecule has 0 spiro atoms. The second-order valence-electron chi connectivity index (χ2n) is 4.20. The maximum absolute atomic E-state index is 11.9. The van der Waals surface area contributed by atoms with Crippen molar-refractivity contribution >= 4 is 39.6 Å². The summed E-state index contributed by atoms with van der Waals surface area (Å²) in [6.07, 6.45) is 0. The molecule has 2 atom stereocenters. The van der Waals surface area contributed by atoms with E-state index >= 15 is 0 Å². The highest BCUT2D eigenvalue weighted by molar-refractivity contribution is 9.10. The van der Waals surface area contributed by atoms with E-state index in [0.29, 0.717) is 5.70 Å². The SMILES string of the molecule is O=C(OCc1ccccc1)C1=CS[C@@H]2[C@@H](Br)C(=O)N12. The molecule has 0 saturated carbocycles. The van der Waals surface area contributed by atoms with Gasteiger partial charge in [0, 0.05) is 5.41 Å². The Hall–Kier alpha value is -1.27. The Labute approximate surface area is 122 Å². The van der Waals surface area contributed by atoms with Gasteiger partial charge in [-0.15, -0.1) is 11.8 Å². The van der Waals surface area contributed by atoms with Crippen LogP contribution in [0.2, 0.25) is 0 Å². The number of benzene rings is 1. The van der Waals surface area contributed by atoms with Gasteiger partial charge in [-0.05, 0) is 5.56 Å². The number of alkyl halides is 1. The van der Waals surface area contributed by atoms with Crippen molar-refractivity contribution in [1.29, 1.82) is 0 Å². The summed E-state index contributed by atoms with van der Waals surface area (Å²) in [6.45, 7) is 0.214. The molecule has 98 valence electrons. The zero-order valence-corrected chi connectivity index (χ0v) is 12.2. The van der Waals surface area contributed by atoms with Crippen molar-refractivity contribution in [2.75, 3.05) is 0 Å². The average molecular weight is 340 g/mol. The minimum atomic E-state index is -0.452. The molecule has 0 aliphatic carbocycles. The van der Waals surface area contributed by atoms with Crippen LogP contribution >= 0.6 is 27.7 Å².